The third-order valence-electron chi connectivity index (χ3n) is 6.48. The molecule has 5 aliphatic rings. The quantitative estimate of drug-likeness (QED) is 0.762. The van der Waals surface area contributed by atoms with Crippen molar-refractivity contribution >= 4 is 5.97 Å². The van der Waals surface area contributed by atoms with Crippen molar-refractivity contribution in [2.24, 2.45) is 29.1 Å². The summed E-state index contributed by atoms with van der Waals surface area (Å²) in [6.07, 6.45) is 13.8. The van der Waals surface area contributed by atoms with E-state index in [0.717, 1.165) is 37.0 Å². The molecule has 1 unspecified atom stereocenters. The van der Waals surface area contributed by atoms with Gasteiger partial charge in [-0.1, -0.05) is 11.6 Å². The van der Waals surface area contributed by atoms with Gasteiger partial charge in [-0.15, -0.1) is 0 Å². The van der Waals surface area contributed by atoms with E-state index in [1.807, 2.05) is 0 Å². The lowest BCUT2D eigenvalue weighted by Crippen LogP contribution is -2.47. The first-order chi connectivity index (χ1) is 9.14. The summed E-state index contributed by atoms with van der Waals surface area (Å²) in [5.74, 6) is 2.26. The van der Waals surface area contributed by atoms with Gasteiger partial charge in [-0.05, 0) is 81.0 Å². The summed E-state index contributed by atoms with van der Waals surface area (Å²) in [6, 6.07) is 0. The van der Waals surface area contributed by atoms with Crippen LogP contribution in [0.25, 0.3) is 0 Å². The molecule has 0 saturated heterocycles. The van der Waals surface area contributed by atoms with Gasteiger partial charge < -0.3 is 5.11 Å². The van der Waals surface area contributed by atoms with Gasteiger partial charge in [0, 0.05) is 0 Å². The summed E-state index contributed by atoms with van der Waals surface area (Å²) < 4.78 is 0. The minimum Gasteiger partial charge on any atom is -0.481 e. The van der Waals surface area contributed by atoms with E-state index in [4.69, 9.17) is 5.11 Å². The minimum absolute atomic E-state index is 0.113. The maximum atomic E-state index is 11.1. The highest BCUT2D eigenvalue weighted by Gasteiger charge is 2.52. The van der Waals surface area contributed by atoms with E-state index in [0.29, 0.717) is 5.41 Å². The zero-order chi connectivity index (χ0) is 13.0. The fraction of sp³-hybridized carbons (Fsp3) is 0.824. The second-order valence-electron chi connectivity index (χ2n) is 7.74. The molecule has 5 rings (SSSR count). The Hall–Kier alpha value is -0.790. The van der Waals surface area contributed by atoms with Crippen molar-refractivity contribution in [2.75, 3.05) is 0 Å². The number of rotatable bonds is 2. The molecule has 1 atom stereocenters. The first-order valence-corrected chi connectivity index (χ1v) is 8.07. The van der Waals surface area contributed by atoms with Gasteiger partial charge in [0.15, 0.2) is 0 Å². The second kappa shape index (κ2) is 4.10. The fourth-order valence-electron chi connectivity index (χ4n) is 6.04. The molecule has 4 saturated carbocycles. The van der Waals surface area contributed by atoms with Crippen molar-refractivity contribution in [1.82, 2.24) is 0 Å². The van der Waals surface area contributed by atoms with Crippen LogP contribution in [0.5, 0.6) is 0 Å². The van der Waals surface area contributed by atoms with Crippen molar-refractivity contribution in [3.63, 3.8) is 0 Å². The lowest BCUT2D eigenvalue weighted by atomic mass is 9.47. The fourth-order valence-corrected chi connectivity index (χ4v) is 6.04. The molecule has 4 bridgehead atoms. The zero-order valence-electron chi connectivity index (χ0n) is 11.6. The van der Waals surface area contributed by atoms with Gasteiger partial charge in [0.25, 0.3) is 0 Å². The molecule has 0 aromatic carbocycles. The normalized spacial score (nSPS) is 48.1. The summed E-state index contributed by atoms with van der Waals surface area (Å²) >= 11 is 0. The Labute approximate surface area is 115 Å². The number of aliphatic carboxylic acids is 1. The number of hydrogen-bond acceptors (Lipinski definition) is 1. The van der Waals surface area contributed by atoms with Gasteiger partial charge in [-0.25, -0.2) is 0 Å². The van der Waals surface area contributed by atoms with Crippen LogP contribution in [0.3, 0.4) is 0 Å². The predicted molar refractivity (Wildman–Crippen MR) is 73.7 cm³/mol. The Morgan fingerprint density at radius 3 is 2.11 bits per heavy atom. The second-order valence-corrected chi connectivity index (χ2v) is 7.74. The summed E-state index contributed by atoms with van der Waals surface area (Å²) in [6.45, 7) is 0. The van der Waals surface area contributed by atoms with Crippen LogP contribution in [-0.4, -0.2) is 11.1 Å². The topological polar surface area (TPSA) is 37.3 Å². The number of carboxylic acid groups (broad SMARTS) is 1. The number of hydrogen-bond donors (Lipinski definition) is 1. The molecule has 0 aliphatic heterocycles. The van der Waals surface area contributed by atoms with Gasteiger partial charge in [0.05, 0.1) is 5.92 Å². The SMILES string of the molecule is O=C(O)C1CC=C(C23CC4CC(CC(C4)C2)C3)CC1. The van der Waals surface area contributed by atoms with E-state index >= 15 is 0 Å². The van der Waals surface area contributed by atoms with E-state index in [1.54, 1.807) is 5.57 Å². The zero-order valence-corrected chi connectivity index (χ0v) is 11.6. The minimum atomic E-state index is -0.596. The molecule has 0 radical (unpaired) electrons. The van der Waals surface area contributed by atoms with E-state index in [-0.39, 0.29) is 5.92 Å². The van der Waals surface area contributed by atoms with Crippen LogP contribution in [0.15, 0.2) is 11.6 Å². The average Bonchev–Trinajstić information content (AvgIpc) is 2.37. The Morgan fingerprint density at radius 2 is 1.68 bits per heavy atom. The van der Waals surface area contributed by atoms with Crippen molar-refractivity contribution in [1.29, 1.82) is 0 Å². The maximum absolute atomic E-state index is 11.1. The Morgan fingerprint density at radius 1 is 1.11 bits per heavy atom. The molecule has 1 N–H and O–H groups in total. The number of carbonyl (C=O) groups is 1. The number of allylic oxidation sites excluding steroid dienone is 2. The standard InChI is InChI=1S/C17H24O2/c18-16(19)14-1-3-15(4-2-14)17-8-11-5-12(9-17)7-13(6-11)10-17/h3,11-14H,1-2,4-10H2,(H,18,19). The van der Waals surface area contributed by atoms with Crippen molar-refractivity contribution in [2.45, 2.75) is 57.8 Å². The van der Waals surface area contributed by atoms with Crippen LogP contribution in [0.1, 0.15) is 57.8 Å². The molecule has 0 aromatic rings. The van der Waals surface area contributed by atoms with Crippen molar-refractivity contribution in [3.8, 4) is 0 Å². The Bertz CT molecular complexity index is 399. The van der Waals surface area contributed by atoms with E-state index in [1.165, 1.54) is 38.5 Å². The van der Waals surface area contributed by atoms with Crippen LogP contribution >= 0.6 is 0 Å². The van der Waals surface area contributed by atoms with Crippen molar-refractivity contribution < 1.29 is 9.90 Å². The third-order valence-corrected chi connectivity index (χ3v) is 6.48. The molecule has 2 heteroatoms. The summed E-state index contributed by atoms with van der Waals surface area (Å²) in [5, 5.41) is 9.13. The summed E-state index contributed by atoms with van der Waals surface area (Å²) in [4.78, 5) is 11.1. The highest BCUT2D eigenvalue weighted by atomic mass is 16.4. The monoisotopic (exact) mass is 260 g/mol. The molecule has 19 heavy (non-hydrogen) atoms. The van der Waals surface area contributed by atoms with E-state index in [9.17, 15) is 4.79 Å². The number of carboxylic acids is 1. The predicted octanol–water partition coefficient (Wildman–Crippen LogP) is 4.01. The molecular formula is C17H24O2. The maximum Gasteiger partial charge on any atom is 0.306 e. The van der Waals surface area contributed by atoms with Crippen LogP contribution in [0.2, 0.25) is 0 Å². The molecule has 5 aliphatic carbocycles. The molecule has 2 nitrogen and oxygen atoms in total. The first kappa shape index (κ1) is 12.0. The van der Waals surface area contributed by atoms with Gasteiger partial charge in [0.1, 0.15) is 0 Å². The molecular weight excluding hydrogens is 236 g/mol. The van der Waals surface area contributed by atoms with Crippen LogP contribution < -0.4 is 0 Å². The summed E-state index contributed by atoms with van der Waals surface area (Å²) in [7, 11) is 0. The van der Waals surface area contributed by atoms with Gasteiger partial charge in [-0.3, -0.25) is 4.79 Å². The largest absolute Gasteiger partial charge is 0.481 e. The third kappa shape index (κ3) is 1.86. The average molecular weight is 260 g/mol. The lowest BCUT2D eigenvalue weighted by molar-refractivity contribution is -0.142. The van der Waals surface area contributed by atoms with Crippen LogP contribution in [-0.2, 0) is 4.79 Å². The smallest absolute Gasteiger partial charge is 0.306 e. The molecule has 104 valence electrons. The molecule has 0 heterocycles. The lowest BCUT2D eigenvalue weighted by Gasteiger charge is -2.58. The highest BCUT2D eigenvalue weighted by Crippen LogP contribution is 2.63. The molecule has 0 aromatic heterocycles. The van der Waals surface area contributed by atoms with E-state index < -0.39 is 5.97 Å². The Kier molecular flexibility index (Phi) is 2.59. The molecule has 0 amide bonds. The van der Waals surface area contributed by atoms with Crippen LogP contribution in [0, 0.1) is 29.1 Å². The van der Waals surface area contributed by atoms with Crippen molar-refractivity contribution in [3.05, 3.63) is 11.6 Å². The molecule has 4 fully saturated rings. The molecule has 0 spiro atoms. The van der Waals surface area contributed by atoms with Gasteiger partial charge >= 0.3 is 5.97 Å². The summed E-state index contributed by atoms with van der Waals surface area (Å²) in [5.41, 5.74) is 2.17. The van der Waals surface area contributed by atoms with E-state index in [2.05, 4.69) is 6.08 Å². The first-order valence-electron chi connectivity index (χ1n) is 8.07. The van der Waals surface area contributed by atoms with Crippen LogP contribution in [0.4, 0.5) is 0 Å². The Balaban J connectivity index is 1.57. The van der Waals surface area contributed by atoms with Gasteiger partial charge in [0.2, 0.25) is 0 Å². The highest BCUT2D eigenvalue weighted by molar-refractivity contribution is 5.70. The van der Waals surface area contributed by atoms with Gasteiger partial charge in [-0.2, -0.15) is 0 Å².